The third-order valence-corrected chi connectivity index (χ3v) is 5.16. The highest BCUT2D eigenvalue weighted by Crippen LogP contribution is 2.07. The molecule has 4 unspecified atom stereocenters. The molecule has 0 aromatic heterocycles. The molecule has 0 saturated heterocycles. The molecule has 1 aromatic carbocycles. The van der Waals surface area contributed by atoms with Crippen molar-refractivity contribution in [3.05, 3.63) is 35.9 Å². The normalized spacial score (nSPS) is 14.1. The molecule has 0 aliphatic rings. The topological polar surface area (TPSA) is 225 Å². The summed E-state index contributed by atoms with van der Waals surface area (Å²) in [6.45, 7) is 3.11. The van der Waals surface area contributed by atoms with Gasteiger partial charge in [0, 0.05) is 6.42 Å². The Morgan fingerprint density at radius 1 is 0.806 bits per heavy atom. The van der Waals surface area contributed by atoms with Gasteiger partial charge in [-0.2, -0.15) is 0 Å². The number of benzene rings is 1. The SMILES string of the molecule is CC(C)C(NC(=O)C(CC(=O)O)NC(=O)C(N)Cc1ccccc1)C(=O)NC(CCC(=O)O)C(=O)O. The maximum Gasteiger partial charge on any atom is 0.326 e. The van der Waals surface area contributed by atoms with E-state index in [1.165, 1.54) is 0 Å². The highest BCUT2D eigenvalue weighted by molar-refractivity contribution is 5.95. The molecule has 13 heteroatoms. The van der Waals surface area contributed by atoms with Gasteiger partial charge in [-0.3, -0.25) is 24.0 Å². The van der Waals surface area contributed by atoms with E-state index in [1.807, 2.05) is 0 Å². The van der Waals surface area contributed by atoms with E-state index in [0.29, 0.717) is 0 Å². The summed E-state index contributed by atoms with van der Waals surface area (Å²) in [5, 5.41) is 34.1. The number of carboxylic acids is 3. The molecule has 0 aliphatic carbocycles. The minimum absolute atomic E-state index is 0.137. The number of carbonyl (C=O) groups excluding carboxylic acids is 3. The Balaban J connectivity index is 2.92. The van der Waals surface area contributed by atoms with E-state index in [-0.39, 0.29) is 12.8 Å². The molecule has 0 heterocycles. The number of hydrogen-bond acceptors (Lipinski definition) is 7. The fraction of sp³-hybridized carbons (Fsp3) is 0.478. The molecule has 0 bridgehead atoms. The van der Waals surface area contributed by atoms with E-state index < -0.39 is 78.6 Å². The zero-order chi connectivity index (χ0) is 27.4. The number of amides is 3. The van der Waals surface area contributed by atoms with Crippen molar-refractivity contribution in [2.45, 2.75) is 63.7 Å². The van der Waals surface area contributed by atoms with Crippen molar-refractivity contribution in [1.82, 2.24) is 16.0 Å². The van der Waals surface area contributed by atoms with Crippen LogP contribution in [0.25, 0.3) is 0 Å². The molecule has 36 heavy (non-hydrogen) atoms. The summed E-state index contributed by atoms with van der Waals surface area (Å²) in [4.78, 5) is 71.5. The van der Waals surface area contributed by atoms with Crippen LogP contribution in [0.5, 0.6) is 0 Å². The van der Waals surface area contributed by atoms with Crippen molar-refractivity contribution in [2.75, 3.05) is 0 Å². The minimum atomic E-state index is -1.56. The van der Waals surface area contributed by atoms with E-state index in [9.17, 15) is 39.0 Å². The fourth-order valence-corrected chi connectivity index (χ4v) is 3.20. The molecular formula is C23H32N4O9. The summed E-state index contributed by atoms with van der Waals surface area (Å²) in [5.74, 6) is -7.32. The van der Waals surface area contributed by atoms with Crippen molar-refractivity contribution in [3.63, 3.8) is 0 Å². The van der Waals surface area contributed by atoms with Gasteiger partial charge >= 0.3 is 17.9 Å². The molecule has 3 amide bonds. The molecule has 198 valence electrons. The highest BCUT2D eigenvalue weighted by Gasteiger charge is 2.33. The van der Waals surface area contributed by atoms with Crippen LogP contribution in [-0.4, -0.2) is 75.1 Å². The standard InChI is InChI=1S/C23H32N4O9/c1-12(2)19(22(34)25-15(23(35)36)8-9-17(28)29)27-21(33)16(11-18(30)31)26-20(32)14(24)10-13-6-4-3-5-7-13/h3-7,12,14-16,19H,8-11,24H2,1-2H3,(H,25,34)(H,26,32)(H,27,33)(H,28,29)(H,30,31)(H,35,36). The molecule has 0 spiro atoms. The summed E-state index contributed by atoms with van der Waals surface area (Å²) in [6, 6.07) is 3.35. The van der Waals surface area contributed by atoms with Gasteiger partial charge in [0.1, 0.15) is 18.1 Å². The Kier molecular flexibility index (Phi) is 12.0. The molecule has 0 aliphatic heterocycles. The van der Waals surface area contributed by atoms with Crippen LogP contribution in [0.4, 0.5) is 0 Å². The Morgan fingerprint density at radius 3 is 1.89 bits per heavy atom. The van der Waals surface area contributed by atoms with Crippen molar-refractivity contribution >= 4 is 35.6 Å². The Bertz CT molecular complexity index is 952. The summed E-state index contributed by atoms with van der Waals surface area (Å²) in [6.07, 6.45) is -1.55. The van der Waals surface area contributed by atoms with Gasteiger partial charge in [-0.25, -0.2) is 4.79 Å². The fourth-order valence-electron chi connectivity index (χ4n) is 3.20. The third-order valence-electron chi connectivity index (χ3n) is 5.16. The van der Waals surface area contributed by atoms with E-state index in [2.05, 4.69) is 16.0 Å². The number of carbonyl (C=O) groups is 6. The Morgan fingerprint density at radius 2 is 1.39 bits per heavy atom. The number of aliphatic carboxylic acids is 3. The number of carboxylic acid groups (broad SMARTS) is 3. The second kappa shape index (κ2) is 14.4. The van der Waals surface area contributed by atoms with Crippen molar-refractivity contribution in [2.24, 2.45) is 11.7 Å². The van der Waals surface area contributed by atoms with Gasteiger partial charge in [-0.05, 0) is 24.3 Å². The van der Waals surface area contributed by atoms with E-state index in [0.717, 1.165) is 5.56 Å². The number of nitrogens with one attached hydrogen (secondary N) is 3. The van der Waals surface area contributed by atoms with E-state index in [4.69, 9.17) is 10.8 Å². The lowest BCUT2D eigenvalue weighted by Gasteiger charge is -2.26. The van der Waals surface area contributed by atoms with Crippen LogP contribution in [0.3, 0.4) is 0 Å². The lowest BCUT2D eigenvalue weighted by molar-refractivity contribution is -0.144. The Labute approximate surface area is 207 Å². The molecule has 4 atom stereocenters. The van der Waals surface area contributed by atoms with Gasteiger partial charge in [0.2, 0.25) is 17.7 Å². The average molecular weight is 509 g/mol. The summed E-state index contributed by atoms with van der Waals surface area (Å²) >= 11 is 0. The minimum Gasteiger partial charge on any atom is -0.481 e. The quantitative estimate of drug-likeness (QED) is 0.154. The molecule has 13 nitrogen and oxygen atoms in total. The number of nitrogens with two attached hydrogens (primary N) is 1. The first kappa shape index (κ1) is 30.0. The monoisotopic (exact) mass is 508 g/mol. The number of hydrogen-bond donors (Lipinski definition) is 7. The van der Waals surface area contributed by atoms with E-state index in [1.54, 1.807) is 44.2 Å². The average Bonchev–Trinajstić information content (AvgIpc) is 2.79. The molecule has 0 saturated carbocycles. The maximum atomic E-state index is 12.8. The predicted molar refractivity (Wildman–Crippen MR) is 126 cm³/mol. The van der Waals surface area contributed by atoms with Gasteiger partial charge in [0.25, 0.3) is 0 Å². The molecule has 1 rings (SSSR count). The summed E-state index contributed by atoms with van der Waals surface area (Å²) in [5.41, 5.74) is 6.66. The van der Waals surface area contributed by atoms with Crippen LogP contribution in [0.2, 0.25) is 0 Å². The zero-order valence-corrected chi connectivity index (χ0v) is 20.0. The summed E-state index contributed by atoms with van der Waals surface area (Å²) in [7, 11) is 0. The lowest BCUT2D eigenvalue weighted by atomic mass is 10.0. The highest BCUT2D eigenvalue weighted by atomic mass is 16.4. The van der Waals surface area contributed by atoms with Gasteiger partial charge in [0.05, 0.1) is 12.5 Å². The first-order valence-corrected chi connectivity index (χ1v) is 11.2. The van der Waals surface area contributed by atoms with Crippen LogP contribution < -0.4 is 21.7 Å². The maximum absolute atomic E-state index is 12.8. The number of rotatable bonds is 15. The first-order chi connectivity index (χ1) is 16.8. The molecular weight excluding hydrogens is 476 g/mol. The van der Waals surface area contributed by atoms with Crippen LogP contribution in [0, 0.1) is 5.92 Å². The smallest absolute Gasteiger partial charge is 0.326 e. The second-order valence-corrected chi connectivity index (χ2v) is 8.52. The molecule has 0 radical (unpaired) electrons. The lowest BCUT2D eigenvalue weighted by Crippen LogP contribution is -2.58. The van der Waals surface area contributed by atoms with Gasteiger partial charge in [0.15, 0.2) is 0 Å². The molecule has 1 aromatic rings. The molecule has 8 N–H and O–H groups in total. The van der Waals surface area contributed by atoms with Gasteiger partial charge < -0.3 is 37.0 Å². The Hall–Kier alpha value is -4.00. The molecule has 0 fully saturated rings. The van der Waals surface area contributed by atoms with Crippen LogP contribution in [-0.2, 0) is 35.2 Å². The van der Waals surface area contributed by atoms with Crippen LogP contribution in [0.1, 0.15) is 38.7 Å². The van der Waals surface area contributed by atoms with Crippen LogP contribution >= 0.6 is 0 Å². The van der Waals surface area contributed by atoms with Crippen LogP contribution in [0.15, 0.2) is 30.3 Å². The van der Waals surface area contributed by atoms with Gasteiger partial charge in [-0.1, -0.05) is 44.2 Å². The van der Waals surface area contributed by atoms with Crippen molar-refractivity contribution in [1.29, 1.82) is 0 Å². The summed E-state index contributed by atoms with van der Waals surface area (Å²) < 4.78 is 0. The largest absolute Gasteiger partial charge is 0.481 e. The second-order valence-electron chi connectivity index (χ2n) is 8.52. The first-order valence-electron chi connectivity index (χ1n) is 11.2. The van der Waals surface area contributed by atoms with Crippen molar-refractivity contribution in [3.8, 4) is 0 Å². The van der Waals surface area contributed by atoms with Gasteiger partial charge in [-0.15, -0.1) is 0 Å². The predicted octanol–water partition coefficient (Wildman–Crippen LogP) is -0.909. The third kappa shape index (κ3) is 10.5. The van der Waals surface area contributed by atoms with Crippen molar-refractivity contribution < 1.29 is 44.1 Å². The zero-order valence-electron chi connectivity index (χ0n) is 20.0. The van der Waals surface area contributed by atoms with E-state index >= 15 is 0 Å².